The average molecular weight is 400 g/mol. The van der Waals surface area contributed by atoms with Gasteiger partial charge in [-0.15, -0.1) is 0 Å². The number of rotatable bonds is 7. The maximum absolute atomic E-state index is 12.8. The Bertz CT molecular complexity index is 1110. The Morgan fingerprint density at radius 1 is 1.14 bits per heavy atom. The third kappa shape index (κ3) is 4.26. The second-order valence-corrected chi connectivity index (χ2v) is 8.18. The van der Waals surface area contributed by atoms with Crippen molar-refractivity contribution in [3.8, 4) is 0 Å². The first kappa shape index (κ1) is 19.7. The number of aromatic nitrogens is 2. The highest BCUT2D eigenvalue weighted by atomic mass is 32.2. The van der Waals surface area contributed by atoms with Crippen LogP contribution in [0.4, 0.5) is 5.69 Å². The molecule has 1 heterocycles. The number of hydrogen-bond acceptors (Lipinski definition) is 5. The molecule has 0 fully saturated rings. The summed E-state index contributed by atoms with van der Waals surface area (Å²) in [6.07, 6.45) is 3.51. The summed E-state index contributed by atoms with van der Waals surface area (Å²) < 4.78 is 30.0. The fourth-order valence-corrected chi connectivity index (χ4v) is 4.24. The fourth-order valence-electron chi connectivity index (χ4n) is 2.90. The van der Waals surface area contributed by atoms with Crippen LogP contribution in [-0.4, -0.2) is 23.1 Å². The molecule has 0 saturated carbocycles. The molecule has 0 saturated heterocycles. The largest absolute Gasteiger partial charge is 0.271 e. The van der Waals surface area contributed by atoms with Crippen LogP contribution in [0.1, 0.15) is 22.3 Å². The number of nitrogens with zero attached hydrogens (tertiary/aromatic N) is 3. The van der Waals surface area contributed by atoms with Crippen LogP contribution < -0.4 is 4.72 Å². The minimum atomic E-state index is -3.92. The standard InChI is InChI=1S/C19H20N4O4S/c1-14-10-18(23(24)25)11-19(15(14)2)28(26,27)21-12-16-6-3-4-7-17(16)13-22-9-5-8-20-22/h3-11,21H,12-13H2,1-2H3. The van der Waals surface area contributed by atoms with Crippen LogP contribution in [0.5, 0.6) is 0 Å². The molecule has 8 nitrogen and oxygen atoms in total. The summed E-state index contributed by atoms with van der Waals surface area (Å²) in [5, 5.41) is 15.3. The summed E-state index contributed by atoms with van der Waals surface area (Å²) in [7, 11) is -3.92. The third-order valence-electron chi connectivity index (χ3n) is 4.57. The Hall–Kier alpha value is -3.04. The van der Waals surface area contributed by atoms with Gasteiger partial charge in [0, 0.05) is 31.1 Å². The summed E-state index contributed by atoms with van der Waals surface area (Å²) in [5.74, 6) is 0. The second-order valence-electron chi connectivity index (χ2n) is 6.44. The number of benzene rings is 2. The zero-order valence-corrected chi connectivity index (χ0v) is 16.3. The SMILES string of the molecule is Cc1cc([N+](=O)[O-])cc(S(=O)(=O)NCc2ccccc2Cn2cccn2)c1C. The highest BCUT2D eigenvalue weighted by molar-refractivity contribution is 7.89. The molecule has 0 spiro atoms. The molecule has 28 heavy (non-hydrogen) atoms. The van der Waals surface area contributed by atoms with Gasteiger partial charge in [0.15, 0.2) is 0 Å². The Morgan fingerprint density at radius 3 is 2.50 bits per heavy atom. The van der Waals surface area contributed by atoms with E-state index in [1.54, 1.807) is 24.7 Å². The Kier molecular flexibility index (Phi) is 5.57. The van der Waals surface area contributed by atoms with E-state index in [2.05, 4.69) is 9.82 Å². The Morgan fingerprint density at radius 2 is 1.86 bits per heavy atom. The molecule has 1 aromatic heterocycles. The van der Waals surface area contributed by atoms with Gasteiger partial charge < -0.3 is 0 Å². The molecule has 0 radical (unpaired) electrons. The van der Waals surface area contributed by atoms with Crippen molar-refractivity contribution in [3.05, 3.63) is 87.2 Å². The molecule has 3 aromatic rings. The molecule has 1 N–H and O–H groups in total. The van der Waals surface area contributed by atoms with Crippen molar-refractivity contribution < 1.29 is 13.3 Å². The van der Waals surface area contributed by atoms with Gasteiger partial charge in [0.1, 0.15) is 0 Å². The van der Waals surface area contributed by atoms with Crippen LogP contribution in [0.3, 0.4) is 0 Å². The quantitative estimate of drug-likeness (QED) is 0.485. The van der Waals surface area contributed by atoms with Gasteiger partial charge in [-0.05, 0) is 42.2 Å². The average Bonchev–Trinajstić information content (AvgIpc) is 3.16. The van der Waals surface area contributed by atoms with Gasteiger partial charge in [0.05, 0.1) is 16.4 Å². The predicted octanol–water partition coefficient (Wildman–Crippen LogP) is 2.93. The lowest BCUT2D eigenvalue weighted by atomic mass is 10.1. The van der Waals surface area contributed by atoms with Crippen LogP contribution in [0, 0.1) is 24.0 Å². The molecule has 0 amide bonds. The molecule has 0 bridgehead atoms. The van der Waals surface area contributed by atoms with E-state index in [-0.39, 0.29) is 17.1 Å². The monoisotopic (exact) mass is 400 g/mol. The predicted molar refractivity (Wildman–Crippen MR) is 104 cm³/mol. The zero-order chi connectivity index (χ0) is 20.3. The van der Waals surface area contributed by atoms with Crippen LogP contribution in [-0.2, 0) is 23.1 Å². The van der Waals surface area contributed by atoms with Crippen molar-refractivity contribution in [1.29, 1.82) is 0 Å². The highest BCUT2D eigenvalue weighted by Gasteiger charge is 2.22. The molecule has 146 valence electrons. The van der Waals surface area contributed by atoms with Crippen molar-refractivity contribution in [2.45, 2.75) is 31.8 Å². The molecule has 0 unspecified atom stereocenters. The number of nitro benzene ring substituents is 1. The van der Waals surface area contributed by atoms with Gasteiger partial charge in [0.25, 0.3) is 5.69 Å². The zero-order valence-electron chi connectivity index (χ0n) is 15.5. The van der Waals surface area contributed by atoms with E-state index >= 15 is 0 Å². The van der Waals surface area contributed by atoms with Gasteiger partial charge in [0.2, 0.25) is 10.0 Å². The number of nitrogens with one attached hydrogen (secondary N) is 1. The van der Waals surface area contributed by atoms with Crippen molar-refractivity contribution >= 4 is 15.7 Å². The maximum Gasteiger partial charge on any atom is 0.271 e. The van der Waals surface area contributed by atoms with E-state index < -0.39 is 14.9 Å². The van der Waals surface area contributed by atoms with Gasteiger partial charge in [-0.2, -0.15) is 5.10 Å². The van der Waals surface area contributed by atoms with E-state index in [9.17, 15) is 18.5 Å². The minimum absolute atomic E-state index is 0.0704. The van der Waals surface area contributed by atoms with Gasteiger partial charge in [-0.1, -0.05) is 24.3 Å². The normalized spacial score (nSPS) is 11.5. The molecule has 3 rings (SSSR count). The van der Waals surface area contributed by atoms with Crippen LogP contribution in [0.25, 0.3) is 0 Å². The smallest absolute Gasteiger partial charge is 0.268 e. The van der Waals surface area contributed by atoms with Gasteiger partial charge in [-0.25, -0.2) is 13.1 Å². The highest BCUT2D eigenvalue weighted by Crippen LogP contribution is 2.25. The molecule has 0 aliphatic rings. The second kappa shape index (κ2) is 7.91. The minimum Gasteiger partial charge on any atom is -0.268 e. The summed E-state index contributed by atoms with van der Waals surface area (Å²) in [6, 6.07) is 11.7. The van der Waals surface area contributed by atoms with Crippen molar-refractivity contribution in [2.24, 2.45) is 0 Å². The summed E-state index contributed by atoms with van der Waals surface area (Å²) >= 11 is 0. The van der Waals surface area contributed by atoms with E-state index in [4.69, 9.17) is 0 Å². The summed E-state index contributed by atoms with van der Waals surface area (Å²) in [5.41, 5.74) is 2.53. The Balaban J connectivity index is 1.86. The topological polar surface area (TPSA) is 107 Å². The van der Waals surface area contributed by atoms with E-state index in [1.807, 2.05) is 36.5 Å². The molecule has 9 heteroatoms. The molecule has 0 atom stereocenters. The van der Waals surface area contributed by atoms with E-state index in [0.29, 0.717) is 17.7 Å². The van der Waals surface area contributed by atoms with Gasteiger partial charge in [-0.3, -0.25) is 14.8 Å². The molecular weight excluding hydrogens is 380 g/mol. The first-order chi connectivity index (χ1) is 13.3. The lowest BCUT2D eigenvalue weighted by Crippen LogP contribution is -2.25. The van der Waals surface area contributed by atoms with Crippen LogP contribution in [0.15, 0.2) is 59.8 Å². The number of non-ortho nitro benzene ring substituents is 1. The maximum atomic E-state index is 12.8. The van der Waals surface area contributed by atoms with E-state index in [1.165, 1.54) is 6.07 Å². The molecule has 2 aromatic carbocycles. The first-order valence-corrected chi connectivity index (χ1v) is 10.1. The third-order valence-corrected chi connectivity index (χ3v) is 6.09. The number of sulfonamides is 1. The lowest BCUT2D eigenvalue weighted by Gasteiger charge is -2.13. The van der Waals surface area contributed by atoms with Crippen LogP contribution >= 0.6 is 0 Å². The van der Waals surface area contributed by atoms with Crippen molar-refractivity contribution in [2.75, 3.05) is 0 Å². The number of hydrogen-bond donors (Lipinski definition) is 1. The van der Waals surface area contributed by atoms with Crippen LogP contribution in [0.2, 0.25) is 0 Å². The van der Waals surface area contributed by atoms with Gasteiger partial charge >= 0.3 is 0 Å². The molecule has 0 aliphatic heterocycles. The summed E-state index contributed by atoms with van der Waals surface area (Å²) in [4.78, 5) is 10.4. The van der Waals surface area contributed by atoms with E-state index in [0.717, 1.165) is 17.2 Å². The summed E-state index contributed by atoms with van der Waals surface area (Å²) in [6.45, 7) is 3.88. The molecule has 0 aliphatic carbocycles. The van der Waals surface area contributed by atoms with Crippen molar-refractivity contribution in [3.63, 3.8) is 0 Å². The Labute approximate surface area is 163 Å². The number of nitro groups is 1. The lowest BCUT2D eigenvalue weighted by molar-refractivity contribution is -0.385. The fraction of sp³-hybridized carbons (Fsp3) is 0.211. The number of aryl methyl sites for hydroxylation is 1. The molecular formula is C19H20N4O4S. The first-order valence-electron chi connectivity index (χ1n) is 8.57. The van der Waals surface area contributed by atoms with Crippen molar-refractivity contribution in [1.82, 2.24) is 14.5 Å².